The molecule has 0 spiro atoms. The maximum atomic E-state index is 10.9. The number of carboxylic acids is 1. The van der Waals surface area contributed by atoms with E-state index in [4.69, 9.17) is 5.11 Å². The highest BCUT2D eigenvalue weighted by atomic mass is 16.4. The summed E-state index contributed by atoms with van der Waals surface area (Å²) in [4.78, 5) is 13.3. The third-order valence-corrected chi connectivity index (χ3v) is 3.92. The Bertz CT molecular complexity index is 459. The van der Waals surface area contributed by atoms with E-state index < -0.39 is 5.97 Å². The van der Waals surface area contributed by atoms with Crippen LogP contribution in [0.25, 0.3) is 0 Å². The Morgan fingerprint density at radius 3 is 2.89 bits per heavy atom. The second kappa shape index (κ2) is 6.06. The van der Waals surface area contributed by atoms with E-state index >= 15 is 0 Å². The maximum Gasteiger partial charge on any atom is 0.335 e. The minimum absolute atomic E-state index is 0.345. The van der Waals surface area contributed by atoms with Crippen LogP contribution in [0.15, 0.2) is 18.2 Å². The molecule has 2 rings (SSSR count). The molecule has 1 heterocycles. The first-order valence-corrected chi connectivity index (χ1v) is 6.86. The van der Waals surface area contributed by atoms with Crippen molar-refractivity contribution in [3.8, 4) is 0 Å². The zero-order valence-electron chi connectivity index (χ0n) is 11.6. The molecule has 0 amide bonds. The van der Waals surface area contributed by atoms with Crippen molar-refractivity contribution in [1.29, 1.82) is 0 Å². The van der Waals surface area contributed by atoms with E-state index in [1.54, 1.807) is 12.1 Å². The minimum Gasteiger partial charge on any atom is -0.478 e. The number of nitrogens with zero attached hydrogens (tertiary/aromatic N) is 1. The summed E-state index contributed by atoms with van der Waals surface area (Å²) < 4.78 is 0. The van der Waals surface area contributed by atoms with Crippen molar-refractivity contribution in [2.45, 2.75) is 32.2 Å². The fourth-order valence-corrected chi connectivity index (χ4v) is 2.62. The van der Waals surface area contributed by atoms with E-state index in [9.17, 15) is 4.79 Å². The first-order valence-electron chi connectivity index (χ1n) is 6.86. The lowest BCUT2D eigenvalue weighted by molar-refractivity contribution is 0.0697. The fraction of sp³-hybridized carbons (Fsp3) is 0.533. The number of anilines is 1. The average Bonchev–Trinajstić information content (AvgIpc) is 2.39. The number of hydrogen-bond acceptors (Lipinski definition) is 3. The minimum atomic E-state index is -0.873. The fourth-order valence-electron chi connectivity index (χ4n) is 2.62. The van der Waals surface area contributed by atoms with Crippen LogP contribution in [0.2, 0.25) is 0 Å². The topological polar surface area (TPSA) is 52.6 Å². The molecule has 4 nitrogen and oxygen atoms in total. The van der Waals surface area contributed by atoms with Gasteiger partial charge < -0.3 is 15.3 Å². The number of carbonyl (C=O) groups is 1. The molecule has 1 aromatic rings. The van der Waals surface area contributed by atoms with Gasteiger partial charge in [0.05, 0.1) is 5.56 Å². The molecule has 1 aliphatic rings. The molecule has 104 valence electrons. The maximum absolute atomic E-state index is 10.9. The summed E-state index contributed by atoms with van der Waals surface area (Å²) in [5.74, 6) is -0.873. The van der Waals surface area contributed by atoms with Crippen LogP contribution in [-0.4, -0.2) is 42.2 Å². The van der Waals surface area contributed by atoms with Crippen LogP contribution in [0.4, 0.5) is 5.69 Å². The van der Waals surface area contributed by atoms with E-state index in [-0.39, 0.29) is 0 Å². The second-order valence-electron chi connectivity index (χ2n) is 5.35. The Morgan fingerprint density at radius 1 is 1.47 bits per heavy atom. The van der Waals surface area contributed by atoms with Gasteiger partial charge in [-0.3, -0.25) is 0 Å². The Balaban J connectivity index is 1.97. The molecular weight excluding hydrogens is 240 g/mol. The first kappa shape index (κ1) is 13.9. The molecule has 0 aromatic heterocycles. The van der Waals surface area contributed by atoms with Crippen molar-refractivity contribution in [1.82, 2.24) is 4.90 Å². The Morgan fingerprint density at radius 2 is 2.26 bits per heavy atom. The number of nitrogens with one attached hydrogen (secondary N) is 1. The van der Waals surface area contributed by atoms with Crippen molar-refractivity contribution < 1.29 is 9.90 Å². The van der Waals surface area contributed by atoms with Crippen LogP contribution in [0.3, 0.4) is 0 Å². The molecule has 4 heteroatoms. The van der Waals surface area contributed by atoms with E-state index in [0.717, 1.165) is 17.8 Å². The van der Waals surface area contributed by atoms with Gasteiger partial charge in [0.15, 0.2) is 0 Å². The lowest BCUT2D eigenvalue weighted by Gasteiger charge is -2.32. The largest absolute Gasteiger partial charge is 0.478 e. The number of aryl methyl sites for hydroxylation is 1. The zero-order valence-corrected chi connectivity index (χ0v) is 11.6. The van der Waals surface area contributed by atoms with Crippen molar-refractivity contribution in [2.24, 2.45) is 0 Å². The highest BCUT2D eigenvalue weighted by molar-refractivity contribution is 5.88. The molecule has 1 saturated heterocycles. The smallest absolute Gasteiger partial charge is 0.335 e. The van der Waals surface area contributed by atoms with Crippen LogP contribution in [0, 0.1) is 6.92 Å². The lowest BCUT2D eigenvalue weighted by Crippen LogP contribution is -2.40. The molecule has 1 unspecified atom stereocenters. The normalized spacial score (nSPS) is 20.2. The molecule has 0 radical (unpaired) electrons. The van der Waals surface area contributed by atoms with Crippen LogP contribution >= 0.6 is 0 Å². The van der Waals surface area contributed by atoms with Gasteiger partial charge in [0.1, 0.15) is 0 Å². The lowest BCUT2D eigenvalue weighted by atomic mass is 10.0. The number of likely N-dealkylation sites (N-methyl/N-ethyl adjacent to an activating group) is 1. The van der Waals surface area contributed by atoms with Crippen molar-refractivity contribution >= 4 is 11.7 Å². The Kier molecular flexibility index (Phi) is 4.43. The molecule has 0 bridgehead atoms. The summed E-state index contributed by atoms with van der Waals surface area (Å²) in [5.41, 5.74) is 2.36. The number of rotatable bonds is 4. The molecule has 1 aliphatic heterocycles. The number of aromatic carboxylic acids is 1. The number of carboxylic acid groups (broad SMARTS) is 1. The van der Waals surface area contributed by atoms with Crippen LogP contribution in [-0.2, 0) is 0 Å². The SMILES string of the molecule is Cc1cc(C(=O)O)ccc1NCC1CCCCN1C. The highest BCUT2D eigenvalue weighted by Crippen LogP contribution is 2.19. The van der Waals surface area contributed by atoms with E-state index in [1.807, 2.05) is 13.0 Å². The van der Waals surface area contributed by atoms with E-state index in [2.05, 4.69) is 17.3 Å². The monoisotopic (exact) mass is 262 g/mol. The summed E-state index contributed by atoms with van der Waals surface area (Å²) in [6.45, 7) is 4.03. The van der Waals surface area contributed by atoms with Gasteiger partial charge in [0.25, 0.3) is 0 Å². The summed E-state index contributed by atoms with van der Waals surface area (Å²) in [6.07, 6.45) is 3.82. The van der Waals surface area contributed by atoms with Crippen LogP contribution < -0.4 is 5.32 Å². The van der Waals surface area contributed by atoms with E-state index in [0.29, 0.717) is 11.6 Å². The van der Waals surface area contributed by atoms with Crippen LogP contribution in [0.5, 0.6) is 0 Å². The van der Waals surface area contributed by atoms with Gasteiger partial charge >= 0.3 is 5.97 Å². The first-order chi connectivity index (χ1) is 9.08. The van der Waals surface area contributed by atoms with Crippen molar-refractivity contribution in [2.75, 3.05) is 25.5 Å². The molecule has 2 N–H and O–H groups in total. The predicted molar refractivity (Wildman–Crippen MR) is 76.9 cm³/mol. The summed E-state index contributed by atoms with van der Waals surface area (Å²) in [5, 5.41) is 12.4. The number of benzene rings is 1. The Labute approximate surface area is 114 Å². The zero-order chi connectivity index (χ0) is 13.8. The molecule has 0 aliphatic carbocycles. The third kappa shape index (κ3) is 3.47. The van der Waals surface area contributed by atoms with Gasteiger partial charge in [-0.15, -0.1) is 0 Å². The molecule has 1 fully saturated rings. The number of hydrogen-bond donors (Lipinski definition) is 2. The molecule has 0 saturated carbocycles. The predicted octanol–water partition coefficient (Wildman–Crippen LogP) is 2.59. The Hall–Kier alpha value is -1.55. The summed E-state index contributed by atoms with van der Waals surface area (Å²) >= 11 is 0. The standard InChI is InChI=1S/C15H22N2O2/c1-11-9-12(15(18)19)6-7-14(11)16-10-13-5-3-4-8-17(13)2/h6-7,9,13,16H,3-5,8,10H2,1-2H3,(H,18,19). The summed E-state index contributed by atoms with van der Waals surface area (Å²) in [6, 6.07) is 5.81. The van der Waals surface area contributed by atoms with Gasteiger partial charge in [0, 0.05) is 18.3 Å². The van der Waals surface area contributed by atoms with Gasteiger partial charge in [0.2, 0.25) is 0 Å². The van der Waals surface area contributed by atoms with Gasteiger partial charge in [-0.25, -0.2) is 4.79 Å². The van der Waals surface area contributed by atoms with Crippen molar-refractivity contribution in [3.63, 3.8) is 0 Å². The molecular formula is C15H22N2O2. The van der Waals surface area contributed by atoms with Gasteiger partial charge in [-0.05, 0) is 57.1 Å². The number of piperidine rings is 1. The summed E-state index contributed by atoms with van der Waals surface area (Å²) in [7, 11) is 2.17. The van der Waals surface area contributed by atoms with Crippen LogP contribution in [0.1, 0.15) is 35.2 Å². The van der Waals surface area contributed by atoms with Gasteiger partial charge in [-0.2, -0.15) is 0 Å². The molecule has 1 aromatic carbocycles. The highest BCUT2D eigenvalue weighted by Gasteiger charge is 2.18. The van der Waals surface area contributed by atoms with Crippen molar-refractivity contribution in [3.05, 3.63) is 29.3 Å². The average molecular weight is 262 g/mol. The van der Waals surface area contributed by atoms with E-state index in [1.165, 1.54) is 25.8 Å². The third-order valence-electron chi connectivity index (χ3n) is 3.92. The number of likely N-dealkylation sites (tertiary alicyclic amines) is 1. The van der Waals surface area contributed by atoms with Gasteiger partial charge in [-0.1, -0.05) is 6.42 Å². The second-order valence-corrected chi connectivity index (χ2v) is 5.35. The quantitative estimate of drug-likeness (QED) is 0.875. The molecule has 1 atom stereocenters. The molecule has 19 heavy (non-hydrogen) atoms.